The number of nitrogens with one attached hydrogen (secondary N) is 1. The Bertz CT molecular complexity index is 687. The van der Waals surface area contributed by atoms with Crippen LogP contribution in [0, 0.1) is 6.92 Å². The summed E-state index contributed by atoms with van der Waals surface area (Å²) in [5, 5.41) is 13.2. The van der Waals surface area contributed by atoms with Gasteiger partial charge in [-0.3, -0.25) is 4.79 Å². The SMILES string of the molecule is Cc1cccc2c(NC3CCCN(CCO)C3=O)ncnc12. The molecule has 0 aliphatic carbocycles. The topological polar surface area (TPSA) is 78.4 Å². The first kappa shape index (κ1) is 14.7. The molecule has 1 aromatic heterocycles. The van der Waals surface area contributed by atoms with Crippen LogP contribution in [0.25, 0.3) is 10.9 Å². The third-order valence-electron chi connectivity index (χ3n) is 4.08. The van der Waals surface area contributed by atoms with Crippen molar-refractivity contribution in [3.8, 4) is 0 Å². The van der Waals surface area contributed by atoms with E-state index in [0.717, 1.165) is 29.3 Å². The van der Waals surface area contributed by atoms with E-state index in [-0.39, 0.29) is 18.6 Å². The molecular weight excluding hydrogens is 280 g/mol. The minimum atomic E-state index is -0.293. The van der Waals surface area contributed by atoms with Gasteiger partial charge in [-0.2, -0.15) is 0 Å². The van der Waals surface area contributed by atoms with Gasteiger partial charge in [-0.25, -0.2) is 9.97 Å². The number of benzene rings is 1. The molecule has 6 heteroatoms. The maximum atomic E-state index is 12.4. The van der Waals surface area contributed by atoms with Crippen molar-refractivity contribution >= 4 is 22.6 Å². The number of aliphatic hydroxyl groups excluding tert-OH is 1. The first-order chi connectivity index (χ1) is 10.7. The number of likely N-dealkylation sites (tertiary alicyclic amines) is 1. The summed E-state index contributed by atoms with van der Waals surface area (Å²) in [7, 11) is 0. The van der Waals surface area contributed by atoms with Crippen LogP contribution in [0.1, 0.15) is 18.4 Å². The van der Waals surface area contributed by atoms with Crippen LogP contribution in [0.5, 0.6) is 0 Å². The number of aryl methyl sites for hydroxylation is 1. The number of nitrogens with zero attached hydrogens (tertiary/aromatic N) is 3. The molecule has 1 aliphatic heterocycles. The number of fused-ring (bicyclic) bond motifs is 1. The van der Waals surface area contributed by atoms with E-state index in [1.54, 1.807) is 4.90 Å². The second-order valence-corrected chi connectivity index (χ2v) is 5.58. The Balaban J connectivity index is 1.87. The standard InChI is InChI=1S/C16H20N4O2/c1-11-4-2-5-12-14(11)17-10-18-15(12)19-13-6-3-7-20(8-9-21)16(13)22/h2,4-5,10,13,21H,3,6-9H2,1H3,(H,17,18,19). The van der Waals surface area contributed by atoms with Gasteiger partial charge in [0.05, 0.1) is 12.1 Å². The average Bonchev–Trinajstić information content (AvgIpc) is 2.52. The van der Waals surface area contributed by atoms with E-state index >= 15 is 0 Å². The van der Waals surface area contributed by atoms with E-state index in [1.807, 2.05) is 25.1 Å². The molecule has 6 nitrogen and oxygen atoms in total. The van der Waals surface area contributed by atoms with Crippen LogP contribution in [0.2, 0.25) is 0 Å². The molecule has 1 unspecified atom stereocenters. The normalized spacial score (nSPS) is 18.7. The van der Waals surface area contributed by atoms with Gasteiger partial charge in [0.1, 0.15) is 18.2 Å². The Morgan fingerprint density at radius 2 is 2.27 bits per heavy atom. The second kappa shape index (κ2) is 6.27. The number of hydrogen-bond donors (Lipinski definition) is 2. The zero-order valence-corrected chi connectivity index (χ0v) is 12.6. The molecule has 0 bridgehead atoms. The minimum Gasteiger partial charge on any atom is -0.395 e. The molecule has 2 N–H and O–H groups in total. The number of para-hydroxylation sites is 1. The number of piperidine rings is 1. The smallest absolute Gasteiger partial charge is 0.245 e. The van der Waals surface area contributed by atoms with Gasteiger partial charge in [0.25, 0.3) is 0 Å². The molecule has 1 atom stereocenters. The summed E-state index contributed by atoms with van der Waals surface area (Å²) in [6.07, 6.45) is 3.22. The molecule has 1 amide bonds. The lowest BCUT2D eigenvalue weighted by Gasteiger charge is -2.32. The zero-order valence-electron chi connectivity index (χ0n) is 12.6. The minimum absolute atomic E-state index is 0.00586. The summed E-state index contributed by atoms with van der Waals surface area (Å²) in [6.45, 7) is 3.10. The first-order valence-electron chi connectivity index (χ1n) is 7.57. The highest BCUT2D eigenvalue weighted by Crippen LogP contribution is 2.24. The fourth-order valence-corrected chi connectivity index (χ4v) is 2.93. The van der Waals surface area contributed by atoms with Crippen molar-refractivity contribution in [1.82, 2.24) is 14.9 Å². The summed E-state index contributed by atoms with van der Waals surface area (Å²) >= 11 is 0. The summed E-state index contributed by atoms with van der Waals surface area (Å²) in [5.74, 6) is 0.720. The molecule has 2 aromatic rings. The van der Waals surface area contributed by atoms with Crippen LogP contribution >= 0.6 is 0 Å². The number of carbonyl (C=O) groups is 1. The molecule has 0 saturated carbocycles. The van der Waals surface area contributed by atoms with E-state index < -0.39 is 0 Å². The number of amides is 1. The Morgan fingerprint density at radius 1 is 1.41 bits per heavy atom. The number of β-amino-alcohol motifs (C(OH)–C–C–N with tert-alkyl or cyclic N) is 1. The number of aliphatic hydroxyl groups is 1. The van der Waals surface area contributed by atoms with Crippen LogP contribution < -0.4 is 5.32 Å². The Kier molecular flexibility index (Phi) is 4.20. The molecule has 1 saturated heterocycles. The fourth-order valence-electron chi connectivity index (χ4n) is 2.93. The molecule has 2 heterocycles. The maximum Gasteiger partial charge on any atom is 0.245 e. The predicted molar refractivity (Wildman–Crippen MR) is 84.6 cm³/mol. The number of rotatable bonds is 4. The molecule has 3 rings (SSSR count). The lowest BCUT2D eigenvalue weighted by molar-refractivity contribution is -0.134. The Morgan fingerprint density at radius 3 is 3.09 bits per heavy atom. The van der Waals surface area contributed by atoms with Gasteiger partial charge in [-0.05, 0) is 31.4 Å². The van der Waals surface area contributed by atoms with E-state index in [2.05, 4.69) is 15.3 Å². The lowest BCUT2D eigenvalue weighted by atomic mass is 10.0. The number of carbonyl (C=O) groups excluding carboxylic acids is 1. The van der Waals surface area contributed by atoms with Gasteiger partial charge in [0.2, 0.25) is 5.91 Å². The zero-order chi connectivity index (χ0) is 15.5. The van der Waals surface area contributed by atoms with Gasteiger partial charge < -0.3 is 15.3 Å². The molecule has 1 aliphatic rings. The quantitative estimate of drug-likeness (QED) is 0.890. The van der Waals surface area contributed by atoms with E-state index in [9.17, 15) is 4.79 Å². The molecular formula is C16H20N4O2. The number of aromatic nitrogens is 2. The molecule has 1 aromatic carbocycles. The first-order valence-corrected chi connectivity index (χ1v) is 7.57. The van der Waals surface area contributed by atoms with Crippen molar-refractivity contribution in [2.24, 2.45) is 0 Å². The largest absolute Gasteiger partial charge is 0.395 e. The van der Waals surface area contributed by atoms with Crippen molar-refractivity contribution in [3.05, 3.63) is 30.1 Å². The van der Waals surface area contributed by atoms with Crippen LogP contribution in [0.15, 0.2) is 24.5 Å². The fraction of sp³-hybridized carbons (Fsp3) is 0.438. The van der Waals surface area contributed by atoms with Crippen molar-refractivity contribution in [2.45, 2.75) is 25.8 Å². The van der Waals surface area contributed by atoms with E-state index in [1.165, 1.54) is 6.33 Å². The van der Waals surface area contributed by atoms with Gasteiger partial charge in [0, 0.05) is 18.5 Å². The molecule has 0 radical (unpaired) electrons. The van der Waals surface area contributed by atoms with Crippen molar-refractivity contribution in [1.29, 1.82) is 0 Å². The highest BCUT2D eigenvalue weighted by atomic mass is 16.3. The molecule has 116 valence electrons. The number of anilines is 1. The Hall–Kier alpha value is -2.21. The third-order valence-corrected chi connectivity index (χ3v) is 4.08. The van der Waals surface area contributed by atoms with Gasteiger partial charge in [0.15, 0.2) is 0 Å². The van der Waals surface area contributed by atoms with Gasteiger partial charge in [-0.1, -0.05) is 12.1 Å². The van der Waals surface area contributed by atoms with Crippen LogP contribution in [-0.2, 0) is 4.79 Å². The van der Waals surface area contributed by atoms with E-state index in [0.29, 0.717) is 18.9 Å². The lowest BCUT2D eigenvalue weighted by Crippen LogP contribution is -2.48. The van der Waals surface area contributed by atoms with Gasteiger partial charge >= 0.3 is 0 Å². The highest BCUT2D eigenvalue weighted by molar-refractivity contribution is 5.93. The van der Waals surface area contributed by atoms with E-state index in [4.69, 9.17) is 5.11 Å². The average molecular weight is 300 g/mol. The predicted octanol–water partition coefficient (Wildman–Crippen LogP) is 1.33. The Labute approximate surface area is 129 Å². The second-order valence-electron chi connectivity index (χ2n) is 5.58. The van der Waals surface area contributed by atoms with Crippen LogP contribution in [0.3, 0.4) is 0 Å². The van der Waals surface area contributed by atoms with Crippen molar-refractivity contribution < 1.29 is 9.90 Å². The highest BCUT2D eigenvalue weighted by Gasteiger charge is 2.28. The van der Waals surface area contributed by atoms with Crippen LogP contribution in [-0.4, -0.2) is 51.6 Å². The molecule has 1 fully saturated rings. The molecule has 22 heavy (non-hydrogen) atoms. The number of hydrogen-bond acceptors (Lipinski definition) is 5. The summed E-state index contributed by atoms with van der Waals surface area (Å²) < 4.78 is 0. The van der Waals surface area contributed by atoms with Crippen molar-refractivity contribution in [2.75, 3.05) is 25.0 Å². The summed E-state index contributed by atoms with van der Waals surface area (Å²) in [5.41, 5.74) is 1.98. The third kappa shape index (κ3) is 2.74. The summed E-state index contributed by atoms with van der Waals surface area (Å²) in [6, 6.07) is 5.64. The summed E-state index contributed by atoms with van der Waals surface area (Å²) in [4.78, 5) is 22.8. The van der Waals surface area contributed by atoms with Gasteiger partial charge in [-0.15, -0.1) is 0 Å². The monoisotopic (exact) mass is 300 g/mol. The van der Waals surface area contributed by atoms with Crippen molar-refractivity contribution in [3.63, 3.8) is 0 Å². The molecule has 0 spiro atoms. The van der Waals surface area contributed by atoms with Crippen LogP contribution in [0.4, 0.5) is 5.82 Å². The maximum absolute atomic E-state index is 12.4.